The number of carbonyl (C=O) groups excluding carboxylic acids is 1. The van der Waals surface area contributed by atoms with Crippen molar-refractivity contribution in [3.63, 3.8) is 0 Å². The van der Waals surface area contributed by atoms with Gasteiger partial charge >= 0.3 is 0 Å². The van der Waals surface area contributed by atoms with E-state index in [2.05, 4.69) is 6.07 Å². The normalized spacial score (nSPS) is 17.6. The highest BCUT2D eigenvalue weighted by Crippen LogP contribution is 2.40. The molecule has 0 aromatic heterocycles. The minimum Gasteiger partial charge on any atom is -0.291 e. The van der Waals surface area contributed by atoms with Gasteiger partial charge in [0.1, 0.15) is 0 Å². The molecule has 0 radical (unpaired) electrons. The summed E-state index contributed by atoms with van der Waals surface area (Å²) in [5, 5.41) is 11.0. The molecule has 4 rings (SSSR count). The lowest BCUT2D eigenvalue weighted by atomic mass is 9.79. The van der Waals surface area contributed by atoms with Gasteiger partial charge in [-0.05, 0) is 41.0 Å². The second-order valence-corrected chi connectivity index (χ2v) is 7.09. The molecule has 3 aromatic rings. The molecule has 0 saturated heterocycles. The van der Waals surface area contributed by atoms with Crippen molar-refractivity contribution in [2.75, 3.05) is 0 Å². The van der Waals surface area contributed by atoms with Crippen LogP contribution in [-0.4, -0.2) is 10.8 Å². The molecule has 0 spiro atoms. The van der Waals surface area contributed by atoms with Crippen LogP contribution in [0.2, 0.25) is 5.02 Å². The number of benzene rings is 3. The third kappa shape index (κ3) is 2.98. The van der Waals surface area contributed by atoms with Gasteiger partial charge in [-0.2, -0.15) is 5.26 Å². The Balaban J connectivity index is 1.89. The van der Waals surface area contributed by atoms with Gasteiger partial charge in [0, 0.05) is 23.2 Å². The van der Waals surface area contributed by atoms with E-state index in [0.29, 0.717) is 17.0 Å². The second kappa shape index (κ2) is 7.34. The van der Waals surface area contributed by atoms with E-state index < -0.39 is 5.54 Å². The van der Waals surface area contributed by atoms with Crippen molar-refractivity contribution in [2.45, 2.75) is 12.0 Å². The molecule has 1 aliphatic heterocycles. The lowest BCUT2D eigenvalue weighted by molar-refractivity contribution is 0.0697. The zero-order valence-corrected chi connectivity index (χ0v) is 15.8. The van der Waals surface area contributed by atoms with E-state index in [9.17, 15) is 10.1 Å². The molecule has 0 fully saturated rings. The molecular formula is C24H17ClN2O. The summed E-state index contributed by atoms with van der Waals surface area (Å²) in [6.07, 6.45) is 3.87. The third-order valence-corrected chi connectivity index (χ3v) is 5.42. The van der Waals surface area contributed by atoms with Crippen molar-refractivity contribution in [1.29, 1.82) is 5.26 Å². The summed E-state index contributed by atoms with van der Waals surface area (Å²) in [6, 6.07) is 26.6. The monoisotopic (exact) mass is 384 g/mol. The molecule has 1 aliphatic rings. The molecule has 1 heterocycles. The standard InChI is InChI=1S/C24H17ClN2O/c25-22-13-7-5-11-20(22)16-24(17-26)21-12-6-4-8-18(21)14-15-27(24)23(28)19-9-2-1-3-10-19/h1-15H,16H2/t24-/m1/s1. The predicted molar refractivity (Wildman–Crippen MR) is 111 cm³/mol. The summed E-state index contributed by atoms with van der Waals surface area (Å²) in [5.74, 6) is -0.222. The molecule has 3 aromatic carbocycles. The van der Waals surface area contributed by atoms with Crippen molar-refractivity contribution < 1.29 is 4.79 Å². The van der Waals surface area contributed by atoms with Crippen LogP contribution in [0.4, 0.5) is 0 Å². The number of amides is 1. The van der Waals surface area contributed by atoms with Crippen LogP contribution in [0.5, 0.6) is 0 Å². The molecule has 3 nitrogen and oxygen atoms in total. The van der Waals surface area contributed by atoms with Crippen LogP contribution in [0.1, 0.15) is 27.0 Å². The number of hydrogen-bond acceptors (Lipinski definition) is 2. The first-order valence-electron chi connectivity index (χ1n) is 8.97. The van der Waals surface area contributed by atoms with Crippen molar-refractivity contribution in [3.8, 4) is 6.07 Å². The maximum atomic E-state index is 13.3. The van der Waals surface area contributed by atoms with Crippen LogP contribution in [0.15, 0.2) is 85.1 Å². The molecule has 0 aliphatic carbocycles. The maximum Gasteiger partial charge on any atom is 0.259 e. The zero-order chi connectivity index (χ0) is 19.6. The predicted octanol–water partition coefficient (Wildman–Crippen LogP) is 5.43. The van der Waals surface area contributed by atoms with Gasteiger partial charge in [0.15, 0.2) is 5.54 Å². The van der Waals surface area contributed by atoms with Gasteiger partial charge in [-0.3, -0.25) is 9.69 Å². The fourth-order valence-electron chi connectivity index (χ4n) is 3.64. The third-order valence-electron chi connectivity index (χ3n) is 5.05. The van der Waals surface area contributed by atoms with Gasteiger partial charge in [-0.25, -0.2) is 0 Å². The molecule has 4 heteroatoms. The van der Waals surface area contributed by atoms with Gasteiger partial charge in [0.25, 0.3) is 5.91 Å². The van der Waals surface area contributed by atoms with Gasteiger partial charge in [-0.15, -0.1) is 0 Å². The van der Waals surface area contributed by atoms with Crippen LogP contribution in [0.25, 0.3) is 6.08 Å². The highest BCUT2D eigenvalue weighted by atomic mass is 35.5. The Labute approximate surface area is 169 Å². The Morgan fingerprint density at radius 1 is 0.964 bits per heavy atom. The average Bonchev–Trinajstić information content (AvgIpc) is 2.75. The minimum atomic E-state index is -1.19. The second-order valence-electron chi connectivity index (χ2n) is 6.68. The largest absolute Gasteiger partial charge is 0.291 e. The Morgan fingerprint density at radius 2 is 1.64 bits per heavy atom. The van der Waals surface area contributed by atoms with Crippen LogP contribution >= 0.6 is 11.6 Å². The maximum absolute atomic E-state index is 13.3. The molecule has 0 bridgehead atoms. The first kappa shape index (κ1) is 18.0. The van der Waals surface area contributed by atoms with Gasteiger partial charge in [0.2, 0.25) is 0 Å². The summed E-state index contributed by atoms with van der Waals surface area (Å²) < 4.78 is 0. The van der Waals surface area contributed by atoms with Crippen LogP contribution < -0.4 is 0 Å². The first-order chi connectivity index (χ1) is 13.7. The summed E-state index contributed by atoms with van der Waals surface area (Å²) in [5.41, 5.74) is 1.88. The average molecular weight is 385 g/mol. The molecule has 0 N–H and O–H groups in total. The number of nitrogens with zero attached hydrogens (tertiary/aromatic N) is 2. The molecule has 0 saturated carbocycles. The SMILES string of the molecule is N#C[C@]1(Cc2ccccc2Cl)c2ccccc2C=CN1C(=O)c1ccccc1. The van der Waals surface area contributed by atoms with E-state index in [1.54, 1.807) is 24.4 Å². The number of carbonyl (C=O) groups is 1. The van der Waals surface area contributed by atoms with E-state index in [-0.39, 0.29) is 5.91 Å². The fourth-order valence-corrected chi connectivity index (χ4v) is 3.85. The summed E-state index contributed by atoms with van der Waals surface area (Å²) in [7, 11) is 0. The highest BCUT2D eigenvalue weighted by Gasteiger charge is 2.44. The fraction of sp³-hybridized carbons (Fsp3) is 0.0833. The smallest absolute Gasteiger partial charge is 0.259 e. The van der Waals surface area contributed by atoms with Gasteiger partial charge < -0.3 is 0 Å². The van der Waals surface area contributed by atoms with Crippen molar-refractivity contribution >= 4 is 23.6 Å². The van der Waals surface area contributed by atoms with Crippen molar-refractivity contribution in [2.24, 2.45) is 0 Å². The Morgan fingerprint density at radius 3 is 2.39 bits per heavy atom. The lowest BCUT2D eigenvalue weighted by Crippen LogP contribution is -2.49. The number of rotatable bonds is 3. The molecule has 0 unspecified atom stereocenters. The highest BCUT2D eigenvalue weighted by molar-refractivity contribution is 6.31. The lowest BCUT2D eigenvalue weighted by Gasteiger charge is -2.40. The van der Waals surface area contributed by atoms with Gasteiger partial charge in [-0.1, -0.05) is 72.3 Å². The van der Waals surface area contributed by atoms with E-state index in [0.717, 1.165) is 16.7 Å². The van der Waals surface area contributed by atoms with E-state index >= 15 is 0 Å². The van der Waals surface area contributed by atoms with E-state index in [1.165, 1.54) is 4.90 Å². The van der Waals surface area contributed by atoms with E-state index in [1.807, 2.05) is 66.7 Å². The summed E-state index contributed by atoms with van der Waals surface area (Å²) in [4.78, 5) is 14.9. The van der Waals surface area contributed by atoms with Crippen LogP contribution in [0, 0.1) is 11.3 Å². The van der Waals surface area contributed by atoms with Gasteiger partial charge in [0.05, 0.1) is 6.07 Å². The first-order valence-corrected chi connectivity index (χ1v) is 9.34. The molecule has 28 heavy (non-hydrogen) atoms. The molecule has 1 atom stereocenters. The Kier molecular flexibility index (Phi) is 4.73. The Bertz CT molecular complexity index is 1100. The molecule has 1 amide bonds. The number of nitriles is 1. The van der Waals surface area contributed by atoms with Crippen LogP contribution in [-0.2, 0) is 12.0 Å². The molecule has 136 valence electrons. The zero-order valence-electron chi connectivity index (χ0n) is 15.0. The summed E-state index contributed by atoms with van der Waals surface area (Å²) >= 11 is 6.40. The van der Waals surface area contributed by atoms with Crippen molar-refractivity contribution in [3.05, 3.63) is 112 Å². The Hall–Kier alpha value is -3.35. The molecular weight excluding hydrogens is 368 g/mol. The number of fused-ring (bicyclic) bond motifs is 1. The quantitative estimate of drug-likeness (QED) is 0.604. The summed E-state index contributed by atoms with van der Waals surface area (Å²) in [6.45, 7) is 0. The minimum absolute atomic E-state index is 0.222. The van der Waals surface area contributed by atoms with Crippen LogP contribution in [0.3, 0.4) is 0 Å². The topological polar surface area (TPSA) is 44.1 Å². The van der Waals surface area contributed by atoms with E-state index in [4.69, 9.17) is 11.6 Å². The number of hydrogen-bond donors (Lipinski definition) is 0. The van der Waals surface area contributed by atoms with Crippen molar-refractivity contribution in [1.82, 2.24) is 4.90 Å². The number of halogens is 1.